The molecular formula is C20H28O4. The lowest BCUT2D eigenvalue weighted by Gasteiger charge is -2.58. The van der Waals surface area contributed by atoms with E-state index in [0.717, 1.165) is 18.4 Å². The molecule has 4 rings (SSSR count). The van der Waals surface area contributed by atoms with Crippen molar-refractivity contribution in [3.63, 3.8) is 0 Å². The van der Waals surface area contributed by atoms with Gasteiger partial charge in [-0.15, -0.1) is 0 Å². The number of carbonyl (C=O) groups is 1. The van der Waals surface area contributed by atoms with Crippen LogP contribution >= 0.6 is 0 Å². The van der Waals surface area contributed by atoms with E-state index in [9.17, 15) is 20.1 Å². The van der Waals surface area contributed by atoms with Gasteiger partial charge in [0.1, 0.15) is 0 Å². The minimum Gasteiger partial charge on any atom is -0.393 e. The fourth-order valence-corrected chi connectivity index (χ4v) is 6.61. The molecule has 132 valence electrons. The van der Waals surface area contributed by atoms with Gasteiger partial charge in [-0.25, -0.2) is 0 Å². The van der Waals surface area contributed by atoms with E-state index in [-0.39, 0.29) is 34.4 Å². The molecule has 0 heterocycles. The molecule has 3 saturated carbocycles. The average molecular weight is 332 g/mol. The van der Waals surface area contributed by atoms with Gasteiger partial charge in [-0.2, -0.15) is 0 Å². The molecule has 0 aromatic carbocycles. The molecule has 3 N–H and O–H groups in total. The molecule has 0 unspecified atom stereocenters. The van der Waals surface area contributed by atoms with Crippen LogP contribution in [0.3, 0.4) is 0 Å². The van der Waals surface area contributed by atoms with E-state index >= 15 is 0 Å². The smallest absolute Gasteiger partial charge is 0.178 e. The maximum atomic E-state index is 11.8. The first-order valence-electron chi connectivity index (χ1n) is 9.14. The van der Waals surface area contributed by atoms with E-state index in [0.29, 0.717) is 12.8 Å². The van der Waals surface area contributed by atoms with Crippen LogP contribution in [0.5, 0.6) is 0 Å². The second kappa shape index (κ2) is 4.80. The lowest BCUT2D eigenvalue weighted by atomic mass is 9.46. The van der Waals surface area contributed by atoms with Crippen molar-refractivity contribution in [2.45, 2.75) is 64.3 Å². The Labute approximate surface area is 143 Å². The Kier molecular flexibility index (Phi) is 3.30. The first-order valence-corrected chi connectivity index (χ1v) is 9.14. The molecule has 4 nitrogen and oxygen atoms in total. The number of hydrogen-bond donors (Lipinski definition) is 3. The second-order valence-corrected chi connectivity index (χ2v) is 9.17. The van der Waals surface area contributed by atoms with Crippen LogP contribution in [0, 0.1) is 28.6 Å². The van der Waals surface area contributed by atoms with Crippen molar-refractivity contribution in [3.8, 4) is 0 Å². The van der Waals surface area contributed by atoms with Crippen molar-refractivity contribution < 1.29 is 20.1 Å². The molecule has 0 spiro atoms. The first kappa shape index (κ1) is 16.5. The van der Waals surface area contributed by atoms with E-state index in [1.807, 2.05) is 13.0 Å². The number of fused-ring (bicyclic) bond motifs is 5. The van der Waals surface area contributed by atoms with Crippen molar-refractivity contribution in [2.24, 2.45) is 28.6 Å². The summed E-state index contributed by atoms with van der Waals surface area (Å²) in [4.78, 5) is 11.8. The fraction of sp³-hybridized carbons (Fsp3) is 0.750. The van der Waals surface area contributed by atoms with Crippen LogP contribution in [0.25, 0.3) is 0 Å². The SMILES string of the molecule is C[C@]12C=CC(=O)C=C1[C@H](O)C[C@H]1[C@@H]3[C@@H](O)C[C@](C)(O)[C@@]3(C)CC[C@@H]12. The molecule has 8 atom stereocenters. The van der Waals surface area contributed by atoms with Gasteiger partial charge in [0, 0.05) is 17.3 Å². The highest BCUT2D eigenvalue weighted by Gasteiger charge is 2.66. The Morgan fingerprint density at radius 3 is 2.62 bits per heavy atom. The Morgan fingerprint density at radius 2 is 1.92 bits per heavy atom. The maximum absolute atomic E-state index is 11.8. The topological polar surface area (TPSA) is 77.8 Å². The summed E-state index contributed by atoms with van der Waals surface area (Å²) in [6, 6.07) is 0. The number of aliphatic hydroxyl groups excluding tert-OH is 2. The quantitative estimate of drug-likeness (QED) is 0.634. The molecule has 0 bridgehead atoms. The summed E-state index contributed by atoms with van der Waals surface area (Å²) in [7, 11) is 0. The summed E-state index contributed by atoms with van der Waals surface area (Å²) < 4.78 is 0. The van der Waals surface area contributed by atoms with Crippen molar-refractivity contribution in [3.05, 3.63) is 23.8 Å². The summed E-state index contributed by atoms with van der Waals surface area (Å²) in [5, 5.41) is 32.4. The van der Waals surface area contributed by atoms with E-state index in [1.54, 1.807) is 12.2 Å². The molecule has 3 fully saturated rings. The van der Waals surface area contributed by atoms with Crippen LogP contribution in [0.1, 0.15) is 46.5 Å². The predicted molar refractivity (Wildman–Crippen MR) is 90.0 cm³/mol. The number of aliphatic hydroxyl groups is 3. The number of carbonyl (C=O) groups excluding carboxylic acids is 1. The lowest BCUT2D eigenvalue weighted by molar-refractivity contribution is -0.130. The van der Waals surface area contributed by atoms with Gasteiger partial charge in [-0.1, -0.05) is 19.9 Å². The third kappa shape index (κ3) is 1.88. The molecule has 0 saturated heterocycles. The highest BCUT2D eigenvalue weighted by molar-refractivity contribution is 6.01. The number of allylic oxidation sites excluding steroid dienone is 3. The Hall–Kier alpha value is -0.970. The Bertz CT molecular complexity index is 648. The third-order valence-electron chi connectivity index (χ3n) is 8.08. The monoisotopic (exact) mass is 332 g/mol. The van der Waals surface area contributed by atoms with Crippen LogP contribution in [0.2, 0.25) is 0 Å². The highest BCUT2D eigenvalue weighted by Crippen LogP contribution is 2.66. The molecule has 0 aromatic heterocycles. The van der Waals surface area contributed by atoms with E-state index in [2.05, 4.69) is 13.8 Å². The zero-order valence-corrected chi connectivity index (χ0v) is 14.7. The zero-order chi connectivity index (χ0) is 17.5. The van der Waals surface area contributed by atoms with Gasteiger partial charge in [0.05, 0.1) is 17.8 Å². The van der Waals surface area contributed by atoms with Crippen LogP contribution in [-0.2, 0) is 4.79 Å². The Morgan fingerprint density at radius 1 is 1.21 bits per heavy atom. The van der Waals surface area contributed by atoms with Gasteiger partial charge < -0.3 is 15.3 Å². The normalized spacial score (nSPS) is 56.3. The van der Waals surface area contributed by atoms with E-state index in [1.165, 1.54) is 0 Å². The van der Waals surface area contributed by atoms with Gasteiger partial charge in [0.2, 0.25) is 0 Å². The van der Waals surface area contributed by atoms with Crippen LogP contribution < -0.4 is 0 Å². The van der Waals surface area contributed by atoms with Crippen molar-refractivity contribution in [2.75, 3.05) is 0 Å². The molecule has 0 amide bonds. The minimum absolute atomic E-state index is 0.00898. The number of ketones is 1. The maximum Gasteiger partial charge on any atom is 0.178 e. The van der Waals surface area contributed by atoms with Crippen LogP contribution in [0.4, 0.5) is 0 Å². The Balaban J connectivity index is 1.78. The molecule has 24 heavy (non-hydrogen) atoms. The standard InChI is InChI=1S/C20H28O4/c1-18-6-4-11(21)8-14(18)15(22)9-12-13(18)5-7-19(2)17(12)16(23)10-20(19,3)24/h4,6,8,12-13,15-17,22-24H,5,7,9-10H2,1-3H3/t12-,13+,15-,16+,17-,18-,19+,20+/m1/s1. The summed E-state index contributed by atoms with van der Waals surface area (Å²) in [5.74, 6) is 0.385. The van der Waals surface area contributed by atoms with E-state index in [4.69, 9.17) is 0 Å². The van der Waals surface area contributed by atoms with Gasteiger partial charge in [0.15, 0.2) is 5.78 Å². The van der Waals surface area contributed by atoms with Gasteiger partial charge >= 0.3 is 0 Å². The molecule has 4 heteroatoms. The van der Waals surface area contributed by atoms with Crippen molar-refractivity contribution in [1.29, 1.82) is 0 Å². The van der Waals surface area contributed by atoms with Crippen LogP contribution in [0.15, 0.2) is 23.8 Å². The largest absolute Gasteiger partial charge is 0.393 e. The van der Waals surface area contributed by atoms with Gasteiger partial charge in [0.25, 0.3) is 0 Å². The second-order valence-electron chi connectivity index (χ2n) is 9.17. The molecule has 0 aliphatic heterocycles. The number of hydrogen-bond acceptors (Lipinski definition) is 4. The predicted octanol–water partition coefficient (Wildman–Crippen LogP) is 1.99. The van der Waals surface area contributed by atoms with Crippen LogP contribution in [-0.4, -0.2) is 38.9 Å². The summed E-state index contributed by atoms with van der Waals surface area (Å²) >= 11 is 0. The molecule has 4 aliphatic rings. The fourth-order valence-electron chi connectivity index (χ4n) is 6.61. The first-order chi connectivity index (χ1) is 11.1. The highest BCUT2D eigenvalue weighted by atomic mass is 16.3. The van der Waals surface area contributed by atoms with Crippen molar-refractivity contribution in [1.82, 2.24) is 0 Å². The third-order valence-corrected chi connectivity index (χ3v) is 8.08. The average Bonchev–Trinajstić information content (AvgIpc) is 2.66. The molecule has 4 aliphatic carbocycles. The summed E-state index contributed by atoms with van der Waals surface area (Å²) in [6.07, 6.45) is 6.79. The number of rotatable bonds is 0. The van der Waals surface area contributed by atoms with Crippen molar-refractivity contribution >= 4 is 5.78 Å². The van der Waals surface area contributed by atoms with E-state index < -0.39 is 17.8 Å². The summed E-state index contributed by atoms with van der Waals surface area (Å²) in [6.45, 7) is 6.07. The zero-order valence-electron chi connectivity index (χ0n) is 14.7. The molecule has 0 radical (unpaired) electrons. The van der Waals surface area contributed by atoms with Gasteiger partial charge in [-0.05, 0) is 61.7 Å². The summed E-state index contributed by atoms with van der Waals surface area (Å²) in [5.41, 5.74) is -0.688. The molecule has 0 aromatic rings. The minimum atomic E-state index is -0.873. The van der Waals surface area contributed by atoms with Gasteiger partial charge in [-0.3, -0.25) is 4.79 Å². The lowest BCUT2D eigenvalue weighted by Crippen LogP contribution is -2.56. The molecular weight excluding hydrogens is 304 g/mol.